The maximum Gasteiger partial charge on any atom is 0.185 e. The number of anilines is 2. The molecule has 3 N–H and O–H groups in total. The fraction of sp³-hybridized carbons (Fsp3) is 0.389. The van der Waals surface area contributed by atoms with E-state index < -0.39 is 0 Å². The molecule has 0 aliphatic heterocycles. The summed E-state index contributed by atoms with van der Waals surface area (Å²) in [4.78, 5) is 4.66. The van der Waals surface area contributed by atoms with Gasteiger partial charge in [-0.25, -0.2) is 4.98 Å². The van der Waals surface area contributed by atoms with E-state index in [9.17, 15) is 10.3 Å². The van der Waals surface area contributed by atoms with E-state index in [4.69, 9.17) is 0 Å². The molecule has 1 aliphatic rings. The SMILES string of the molecule is [O-][n+]1cccc(CNc2cc(NC3CCCC3CO)nc3c(Br)cnn23)c1. The van der Waals surface area contributed by atoms with Gasteiger partial charge < -0.3 is 20.9 Å². The predicted octanol–water partition coefficient (Wildman–Crippen LogP) is 2.31. The van der Waals surface area contributed by atoms with E-state index in [2.05, 4.69) is 36.6 Å². The molecule has 1 fully saturated rings. The standard InChI is InChI=1S/C18H21BrN6O2/c19-14-9-21-25-17(20-8-12-3-2-6-24(27)10-12)7-16(23-18(14)25)22-15-5-1-4-13(15)11-26/h2-3,6-7,9-10,13,15,20,26H,1,4-5,8,11H2,(H,22,23). The normalized spacial score (nSPS) is 19.5. The Bertz CT molecular complexity index is 947. The fourth-order valence-corrected chi connectivity index (χ4v) is 3.92. The number of hydrogen-bond acceptors (Lipinski definition) is 6. The molecule has 9 heteroatoms. The van der Waals surface area contributed by atoms with Gasteiger partial charge in [0.1, 0.15) is 11.6 Å². The van der Waals surface area contributed by atoms with Gasteiger partial charge in [-0.3, -0.25) is 0 Å². The highest BCUT2D eigenvalue weighted by molar-refractivity contribution is 9.10. The quantitative estimate of drug-likeness (QED) is 0.408. The summed E-state index contributed by atoms with van der Waals surface area (Å²) in [6, 6.07) is 5.74. The second-order valence-corrected chi connectivity index (χ2v) is 7.66. The van der Waals surface area contributed by atoms with Crippen LogP contribution in [0.4, 0.5) is 11.6 Å². The van der Waals surface area contributed by atoms with Gasteiger partial charge in [0.25, 0.3) is 0 Å². The molecule has 3 heterocycles. The van der Waals surface area contributed by atoms with Crippen molar-refractivity contribution in [1.29, 1.82) is 0 Å². The van der Waals surface area contributed by atoms with Crippen LogP contribution in [0.5, 0.6) is 0 Å². The zero-order valence-electron chi connectivity index (χ0n) is 14.7. The zero-order valence-corrected chi connectivity index (χ0v) is 16.3. The van der Waals surface area contributed by atoms with Gasteiger partial charge >= 0.3 is 0 Å². The summed E-state index contributed by atoms with van der Waals surface area (Å²) in [6.07, 6.45) is 7.86. The van der Waals surface area contributed by atoms with Crippen molar-refractivity contribution in [1.82, 2.24) is 14.6 Å². The molecule has 2 atom stereocenters. The summed E-state index contributed by atoms with van der Waals surface area (Å²) in [5.41, 5.74) is 1.57. The third-order valence-electron chi connectivity index (χ3n) is 4.97. The zero-order chi connectivity index (χ0) is 18.8. The van der Waals surface area contributed by atoms with Crippen molar-refractivity contribution >= 4 is 33.2 Å². The molecular formula is C18H21BrN6O2. The first kappa shape index (κ1) is 18.0. The fourth-order valence-electron chi connectivity index (χ4n) is 3.57. The van der Waals surface area contributed by atoms with E-state index in [0.29, 0.717) is 12.2 Å². The van der Waals surface area contributed by atoms with Crippen molar-refractivity contribution < 1.29 is 9.84 Å². The molecular weight excluding hydrogens is 412 g/mol. The van der Waals surface area contributed by atoms with Crippen LogP contribution in [-0.4, -0.2) is 32.4 Å². The Balaban J connectivity index is 1.60. The van der Waals surface area contributed by atoms with Crippen LogP contribution < -0.4 is 15.4 Å². The molecule has 3 aromatic rings. The number of hydrogen-bond donors (Lipinski definition) is 3. The molecule has 0 saturated heterocycles. The molecule has 0 bridgehead atoms. The molecule has 0 amide bonds. The summed E-state index contributed by atoms with van der Waals surface area (Å²) in [6.45, 7) is 0.673. The lowest BCUT2D eigenvalue weighted by Gasteiger charge is -2.20. The van der Waals surface area contributed by atoms with Crippen molar-refractivity contribution in [3.8, 4) is 0 Å². The van der Waals surface area contributed by atoms with Crippen LogP contribution in [-0.2, 0) is 6.54 Å². The third-order valence-corrected chi connectivity index (χ3v) is 5.53. The molecule has 3 aromatic heterocycles. The molecule has 4 rings (SSSR count). The van der Waals surface area contributed by atoms with Crippen molar-refractivity contribution in [3.05, 3.63) is 52.0 Å². The van der Waals surface area contributed by atoms with Crippen molar-refractivity contribution in [2.24, 2.45) is 5.92 Å². The second kappa shape index (κ2) is 7.69. The highest BCUT2D eigenvalue weighted by atomic mass is 79.9. The maximum absolute atomic E-state index is 11.4. The number of pyridine rings is 1. The third kappa shape index (κ3) is 3.84. The molecule has 0 radical (unpaired) electrons. The van der Waals surface area contributed by atoms with E-state index >= 15 is 0 Å². The minimum Gasteiger partial charge on any atom is -0.619 e. The van der Waals surface area contributed by atoms with Crippen LogP contribution in [0, 0.1) is 11.1 Å². The van der Waals surface area contributed by atoms with Gasteiger partial charge in [-0.05, 0) is 34.8 Å². The number of aromatic nitrogens is 4. The van der Waals surface area contributed by atoms with E-state index in [0.717, 1.165) is 45.7 Å². The lowest BCUT2D eigenvalue weighted by Crippen LogP contribution is -2.27. The number of fused-ring (bicyclic) bond motifs is 1. The van der Waals surface area contributed by atoms with Crippen LogP contribution in [0.25, 0.3) is 5.65 Å². The first-order valence-corrected chi connectivity index (χ1v) is 9.76. The minimum atomic E-state index is 0.185. The number of aliphatic hydroxyl groups excluding tert-OH is 1. The Labute approximate surface area is 165 Å². The van der Waals surface area contributed by atoms with E-state index in [1.165, 1.54) is 12.4 Å². The largest absolute Gasteiger partial charge is 0.619 e. The topological polar surface area (TPSA) is 101 Å². The Hall–Kier alpha value is -2.39. The van der Waals surface area contributed by atoms with Gasteiger partial charge in [0.05, 0.1) is 10.7 Å². The Morgan fingerprint density at radius 2 is 2.30 bits per heavy atom. The molecule has 27 heavy (non-hydrogen) atoms. The second-order valence-electron chi connectivity index (χ2n) is 6.80. The van der Waals surface area contributed by atoms with Gasteiger partial charge in [-0.1, -0.05) is 6.42 Å². The number of halogens is 1. The van der Waals surface area contributed by atoms with Gasteiger partial charge in [-0.15, -0.1) is 0 Å². The summed E-state index contributed by atoms with van der Waals surface area (Å²) < 4.78 is 3.31. The first-order valence-electron chi connectivity index (χ1n) is 8.97. The molecule has 1 saturated carbocycles. The lowest BCUT2D eigenvalue weighted by atomic mass is 10.1. The van der Waals surface area contributed by atoms with E-state index in [-0.39, 0.29) is 18.6 Å². The Morgan fingerprint density at radius 3 is 3.11 bits per heavy atom. The van der Waals surface area contributed by atoms with Crippen LogP contribution >= 0.6 is 15.9 Å². The molecule has 0 aromatic carbocycles. The average Bonchev–Trinajstić information content (AvgIpc) is 3.26. The first-order chi connectivity index (χ1) is 13.1. The monoisotopic (exact) mass is 432 g/mol. The molecule has 1 aliphatic carbocycles. The van der Waals surface area contributed by atoms with Crippen LogP contribution in [0.2, 0.25) is 0 Å². The average molecular weight is 433 g/mol. The van der Waals surface area contributed by atoms with Crippen LogP contribution in [0.1, 0.15) is 24.8 Å². The van der Waals surface area contributed by atoms with Crippen LogP contribution in [0.15, 0.2) is 41.3 Å². The summed E-state index contributed by atoms with van der Waals surface area (Å²) >= 11 is 3.49. The number of nitrogens with one attached hydrogen (secondary N) is 2. The Kier molecular flexibility index (Phi) is 5.13. The van der Waals surface area contributed by atoms with Gasteiger partial charge in [0, 0.05) is 42.8 Å². The molecule has 2 unspecified atom stereocenters. The Morgan fingerprint density at radius 1 is 1.41 bits per heavy atom. The summed E-state index contributed by atoms with van der Waals surface area (Å²) in [5, 5.41) is 32.2. The van der Waals surface area contributed by atoms with Crippen molar-refractivity contribution in [2.75, 3.05) is 17.2 Å². The van der Waals surface area contributed by atoms with E-state index in [1.807, 2.05) is 12.1 Å². The van der Waals surface area contributed by atoms with Gasteiger partial charge in [-0.2, -0.15) is 14.3 Å². The van der Waals surface area contributed by atoms with Gasteiger partial charge in [0.2, 0.25) is 0 Å². The predicted molar refractivity (Wildman–Crippen MR) is 105 cm³/mol. The van der Waals surface area contributed by atoms with Crippen molar-refractivity contribution in [2.45, 2.75) is 31.8 Å². The van der Waals surface area contributed by atoms with Crippen molar-refractivity contribution in [3.63, 3.8) is 0 Å². The number of rotatable bonds is 6. The van der Waals surface area contributed by atoms with Gasteiger partial charge in [0.15, 0.2) is 18.0 Å². The van der Waals surface area contributed by atoms with Crippen LogP contribution in [0.3, 0.4) is 0 Å². The smallest absolute Gasteiger partial charge is 0.185 e. The maximum atomic E-state index is 11.4. The lowest BCUT2D eigenvalue weighted by molar-refractivity contribution is -0.605. The summed E-state index contributed by atoms with van der Waals surface area (Å²) in [7, 11) is 0. The highest BCUT2D eigenvalue weighted by Gasteiger charge is 2.27. The highest BCUT2D eigenvalue weighted by Crippen LogP contribution is 2.29. The minimum absolute atomic E-state index is 0.185. The molecule has 8 nitrogen and oxygen atoms in total. The number of nitrogens with zero attached hydrogens (tertiary/aromatic N) is 4. The molecule has 0 spiro atoms. The van der Waals surface area contributed by atoms with E-state index in [1.54, 1.807) is 16.8 Å². The molecule has 142 valence electrons. The number of aliphatic hydroxyl groups is 1. The summed E-state index contributed by atoms with van der Waals surface area (Å²) in [5.74, 6) is 1.76.